The minimum Gasteiger partial charge on any atom is -0.345 e. The number of hydrogen-bond donors (Lipinski definition) is 1. The topological polar surface area (TPSA) is 64.7 Å². The minimum atomic E-state index is -0.168. The van der Waals surface area contributed by atoms with Crippen molar-refractivity contribution in [3.8, 4) is 0 Å². The van der Waals surface area contributed by atoms with E-state index in [1.54, 1.807) is 27.8 Å². The van der Waals surface area contributed by atoms with Gasteiger partial charge in [0.2, 0.25) is 0 Å². The number of carbonyl (C=O) groups is 1. The average molecular weight is 233 g/mol. The Kier molecular flexibility index (Phi) is 3.22. The Balaban J connectivity index is 1.95. The van der Waals surface area contributed by atoms with Gasteiger partial charge < -0.3 is 5.32 Å². The van der Waals surface area contributed by atoms with Crippen LogP contribution < -0.4 is 5.32 Å². The van der Waals surface area contributed by atoms with Crippen molar-refractivity contribution in [2.24, 2.45) is 7.05 Å². The summed E-state index contributed by atoms with van der Waals surface area (Å²) in [5.74, 6) is -0.168. The molecule has 0 saturated heterocycles. The zero-order chi connectivity index (χ0) is 12.3. The Morgan fingerprint density at radius 2 is 2.29 bits per heavy atom. The van der Waals surface area contributed by atoms with E-state index in [1.165, 1.54) is 0 Å². The lowest BCUT2D eigenvalue weighted by Crippen LogP contribution is -2.24. The molecule has 0 atom stereocenters. The number of amides is 1. The molecule has 6 nitrogen and oxygen atoms in total. The molecule has 1 N–H and O–H groups in total. The molecule has 2 rings (SSSR count). The van der Waals surface area contributed by atoms with Gasteiger partial charge in [0.1, 0.15) is 5.69 Å². The molecule has 0 radical (unpaired) electrons. The van der Waals surface area contributed by atoms with Gasteiger partial charge in [0.25, 0.3) is 5.91 Å². The third-order valence-corrected chi connectivity index (χ3v) is 2.55. The highest BCUT2D eigenvalue weighted by atomic mass is 16.1. The van der Waals surface area contributed by atoms with E-state index in [-0.39, 0.29) is 5.91 Å². The third-order valence-electron chi connectivity index (χ3n) is 2.55. The maximum Gasteiger partial charge on any atom is 0.272 e. The lowest BCUT2D eigenvalue weighted by Gasteiger charge is -2.03. The second kappa shape index (κ2) is 4.82. The van der Waals surface area contributed by atoms with Gasteiger partial charge in [0, 0.05) is 26.0 Å². The number of carbonyl (C=O) groups excluding carboxylic acids is 1. The van der Waals surface area contributed by atoms with Crippen LogP contribution in [0.15, 0.2) is 24.5 Å². The van der Waals surface area contributed by atoms with Crippen LogP contribution in [0.2, 0.25) is 0 Å². The molecule has 0 aliphatic carbocycles. The molecule has 2 aromatic rings. The summed E-state index contributed by atoms with van der Waals surface area (Å²) in [5, 5.41) is 11.0. The summed E-state index contributed by atoms with van der Waals surface area (Å²) in [6, 6.07) is 3.58. The van der Waals surface area contributed by atoms with Crippen molar-refractivity contribution in [2.45, 2.75) is 20.0 Å². The first-order chi connectivity index (χ1) is 8.20. The SMILES string of the molecule is CCn1ccc(C(=O)NCc2ccnn2C)n1. The Bertz CT molecular complexity index is 513. The predicted octanol–water partition coefficient (Wildman–Crippen LogP) is 0.566. The Hall–Kier alpha value is -2.11. The molecule has 17 heavy (non-hydrogen) atoms. The quantitative estimate of drug-likeness (QED) is 0.839. The van der Waals surface area contributed by atoms with Gasteiger partial charge in [-0.3, -0.25) is 14.2 Å². The summed E-state index contributed by atoms with van der Waals surface area (Å²) < 4.78 is 3.45. The smallest absolute Gasteiger partial charge is 0.272 e. The fourth-order valence-corrected chi connectivity index (χ4v) is 1.50. The largest absolute Gasteiger partial charge is 0.345 e. The fraction of sp³-hybridized carbons (Fsp3) is 0.364. The van der Waals surface area contributed by atoms with Crippen molar-refractivity contribution < 1.29 is 4.79 Å². The normalized spacial score (nSPS) is 10.5. The van der Waals surface area contributed by atoms with Gasteiger partial charge in [-0.25, -0.2) is 0 Å². The molecule has 0 aromatic carbocycles. The molecule has 0 spiro atoms. The molecule has 2 aromatic heterocycles. The second-order valence-electron chi connectivity index (χ2n) is 3.69. The molecule has 90 valence electrons. The molecule has 0 aliphatic rings. The summed E-state index contributed by atoms with van der Waals surface area (Å²) in [7, 11) is 1.84. The van der Waals surface area contributed by atoms with Crippen molar-refractivity contribution in [1.29, 1.82) is 0 Å². The van der Waals surface area contributed by atoms with E-state index in [9.17, 15) is 4.79 Å². The molecule has 6 heteroatoms. The van der Waals surface area contributed by atoms with E-state index in [4.69, 9.17) is 0 Å². The zero-order valence-corrected chi connectivity index (χ0v) is 9.92. The van der Waals surface area contributed by atoms with Crippen LogP contribution >= 0.6 is 0 Å². The molecule has 0 aliphatic heterocycles. The van der Waals surface area contributed by atoms with E-state index in [2.05, 4.69) is 15.5 Å². The van der Waals surface area contributed by atoms with Gasteiger partial charge in [-0.2, -0.15) is 10.2 Å². The van der Waals surface area contributed by atoms with Crippen LogP contribution in [0, 0.1) is 0 Å². The van der Waals surface area contributed by atoms with Crippen molar-refractivity contribution in [3.05, 3.63) is 35.9 Å². The highest BCUT2D eigenvalue weighted by Gasteiger charge is 2.09. The van der Waals surface area contributed by atoms with Gasteiger partial charge in [0.05, 0.1) is 12.2 Å². The Labute approximate surface area is 99.2 Å². The Morgan fingerprint density at radius 1 is 1.47 bits per heavy atom. The Morgan fingerprint density at radius 3 is 2.88 bits per heavy atom. The van der Waals surface area contributed by atoms with Crippen LogP contribution in [-0.4, -0.2) is 25.5 Å². The molecule has 0 unspecified atom stereocenters. The van der Waals surface area contributed by atoms with Gasteiger partial charge in [-0.1, -0.05) is 0 Å². The molecule has 0 fully saturated rings. The van der Waals surface area contributed by atoms with Crippen LogP contribution in [0.5, 0.6) is 0 Å². The van der Waals surface area contributed by atoms with Crippen LogP contribution in [-0.2, 0) is 20.1 Å². The standard InChI is InChI=1S/C11H15N5O/c1-3-16-7-5-10(14-16)11(17)12-8-9-4-6-13-15(9)2/h4-7H,3,8H2,1-2H3,(H,12,17). The maximum atomic E-state index is 11.8. The van der Waals surface area contributed by atoms with Crippen LogP contribution in [0.1, 0.15) is 23.1 Å². The van der Waals surface area contributed by atoms with Crippen molar-refractivity contribution >= 4 is 5.91 Å². The second-order valence-corrected chi connectivity index (χ2v) is 3.69. The summed E-state index contributed by atoms with van der Waals surface area (Å²) in [4.78, 5) is 11.8. The third kappa shape index (κ3) is 2.52. The van der Waals surface area contributed by atoms with E-state index in [0.29, 0.717) is 12.2 Å². The van der Waals surface area contributed by atoms with Crippen LogP contribution in [0.3, 0.4) is 0 Å². The first-order valence-corrected chi connectivity index (χ1v) is 5.49. The van der Waals surface area contributed by atoms with Crippen molar-refractivity contribution in [3.63, 3.8) is 0 Å². The number of aryl methyl sites for hydroxylation is 2. The lowest BCUT2D eigenvalue weighted by atomic mass is 10.3. The van der Waals surface area contributed by atoms with Gasteiger partial charge in [-0.05, 0) is 19.1 Å². The van der Waals surface area contributed by atoms with E-state index < -0.39 is 0 Å². The van der Waals surface area contributed by atoms with Crippen molar-refractivity contribution in [1.82, 2.24) is 24.9 Å². The van der Waals surface area contributed by atoms with Gasteiger partial charge >= 0.3 is 0 Å². The molecule has 2 heterocycles. The van der Waals surface area contributed by atoms with Crippen molar-refractivity contribution in [2.75, 3.05) is 0 Å². The first-order valence-electron chi connectivity index (χ1n) is 5.49. The average Bonchev–Trinajstić information content (AvgIpc) is 2.94. The lowest BCUT2D eigenvalue weighted by molar-refractivity contribution is 0.0944. The van der Waals surface area contributed by atoms with Gasteiger partial charge in [-0.15, -0.1) is 0 Å². The molecular formula is C11H15N5O. The fourth-order valence-electron chi connectivity index (χ4n) is 1.50. The number of hydrogen-bond acceptors (Lipinski definition) is 3. The highest BCUT2D eigenvalue weighted by Crippen LogP contribution is 1.98. The first kappa shape index (κ1) is 11.4. The summed E-state index contributed by atoms with van der Waals surface area (Å²) in [6.45, 7) is 3.19. The monoisotopic (exact) mass is 233 g/mol. The predicted molar refractivity (Wildman–Crippen MR) is 62.3 cm³/mol. The number of rotatable bonds is 4. The van der Waals surface area contributed by atoms with E-state index in [1.807, 2.05) is 20.0 Å². The van der Waals surface area contributed by atoms with E-state index >= 15 is 0 Å². The highest BCUT2D eigenvalue weighted by molar-refractivity contribution is 5.92. The van der Waals surface area contributed by atoms with E-state index in [0.717, 1.165) is 12.2 Å². The number of nitrogens with zero attached hydrogens (tertiary/aromatic N) is 4. The molecular weight excluding hydrogens is 218 g/mol. The van der Waals surface area contributed by atoms with Gasteiger partial charge in [0.15, 0.2) is 0 Å². The minimum absolute atomic E-state index is 0.168. The van der Waals surface area contributed by atoms with Crippen LogP contribution in [0.25, 0.3) is 0 Å². The maximum absolute atomic E-state index is 11.8. The zero-order valence-electron chi connectivity index (χ0n) is 9.92. The molecule has 0 bridgehead atoms. The van der Waals surface area contributed by atoms with Crippen LogP contribution in [0.4, 0.5) is 0 Å². The number of nitrogens with one attached hydrogen (secondary N) is 1. The summed E-state index contributed by atoms with van der Waals surface area (Å²) in [5.41, 5.74) is 1.39. The number of aromatic nitrogens is 4. The molecule has 0 saturated carbocycles. The summed E-state index contributed by atoms with van der Waals surface area (Å²) >= 11 is 0. The molecule has 1 amide bonds. The summed E-state index contributed by atoms with van der Waals surface area (Å²) in [6.07, 6.45) is 3.49.